The number of fused-ring (bicyclic) bond motifs is 1. The van der Waals surface area contributed by atoms with Gasteiger partial charge in [0.1, 0.15) is 0 Å². The molecule has 3 nitrogen and oxygen atoms in total. The Hall–Kier alpha value is -1.39. The maximum absolute atomic E-state index is 4.92. The Morgan fingerprint density at radius 1 is 1.14 bits per heavy atom. The van der Waals surface area contributed by atoms with Crippen LogP contribution in [0.3, 0.4) is 0 Å². The lowest BCUT2D eigenvalue weighted by atomic mass is 10.0. The zero-order chi connectivity index (χ0) is 14.2. The van der Waals surface area contributed by atoms with Gasteiger partial charge in [-0.2, -0.15) is 0 Å². The molecule has 1 aliphatic heterocycles. The van der Waals surface area contributed by atoms with Crippen LogP contribution in [0.5, 0.6) is 0 Å². The highest BCUT2D eigenvalue weighted by atomic mass is 32.2. The van der Waals surface area contributed by atoms with Crippen LogP contribution in [-0.2, 0) is 13.0 Å². The van der Waals surface area contributed by atoms with Crippen LogP contribution in [0.2, 0.25) is 0 Å². The number of hydrogen-bond acceptors (Lipinski definition) is 4. The maximum atomic E-state index is 4.92. The normalized spacial score (nSPS) is 17.6. The maximum Gasteiger partial charge on any atom is 0.159 e. The van der Waals surface area contributed by atoms with Gasteiger partial charge < -0.3 is 5.32 Å². The van der Waals surface area contributed by atoms with Crippen molar-refractivity contribution in [1.82, 2.24) is 15.3 Å². The van der Waals surface area contributed by atoms with Gasteiger partial charge in [-0.25, -0.2) is 9.97 Å². The molecule has 108 valence electrons. The van der Waals surface area contributed by atoms with E-state index in [9.17, 15) is 0 Å². The van der Waals surface area contributed by atoms with Crippen molar-refractivity contribution in [3.05, 3.63) is 41.2 Å². The zero-order valence-electron chi connectivity index (χ0n) is 12.2. The average Bonchev–Trinajstić information content (AvgIpc) is 3.39. The van der Waals surface area contributed by atoms with E-state index >= 15 is 0 Å². The van der Waals surface area contributed by atoms with Gasteiger partial charge in [0.2, 0.25) is 0 Å². The van der Waals surface area contributed by atoms with Crippen LogP contribution in [0.4, 0.5) is 0 Å². The molecule has 1 N–H and O–H groups in total. The van der Waals surface area contributed by atoms with Gasteiger partial charge in [-0.15, -0.1) is 11.8 Å². The van der Waals surface area contributed by atoms with Gasteiger partial charge >= 0.3 is 0 Å². The van der Waals surface area contributed by atoms with Crippen LogP contribution in [-0.4, -0.2) is 22.8 Å². The molecule has 0 saturated heterocycles. The largest absolute Gasteiger partial charge is 0.312 e. The van der Waals surface area contributed by atoms with Crippen molar-refractivity contribution in [3.8, 4) is 11.4 Å². The van der Waals surface area contributed by atoms with Crippen LogP contribution in [0.1, 0.15) is 35.7 Å². The molecule has 1 saturated carbocycles. The lowest BCUT2D eigenvalue weighted by molar-refractivity contribution is 0.617. The minimum Gasteiger partial charge on any atom is -0.312 e. The van der Waals surface area contributed by atoms with E-state index in [2.05, 4.69) is 35.8 Å². The average molecular weight is 297 g/mol. The molecule has 0 atom stereocenters. The summed E-state index contributed by atoms with van der Waals surface area (Å²) in [5, 5.41) is 3.46. The smallest absolute Gasteiger partial charge is 0.159 e. The number of benzene rings is 1. The molecule has 0 unspecified atom stereocenters. The van der Waals surface area contributed by atoms with Crippen molar-refractivity contribution < 1.29 is 0 Å². The van der Waals surface area contributed by atoms with Gasteiger partial charge in [-0.1, -0.05) is 12.1 Å². The van der Waals surface area contributed by atoms with E-state index in [1.54, 1.807) is 11.8 Å². The Morgan fingerprint density at radius 3 is 2.67 bits per heavy atom. The predicted octanol–water partition coefficient (Wildman–Crippen LogP) is 3.39. The fraction of sp³-hybridized carbons (Fsp3) is 0.412. The third kappa shape index (κ3) is 2.58. The Balaban J connectivity index is 1.79. The van der Waals surface area contributed by atoms with E-state index in [-0.39, 0.29) is 0 Å². The summed E-state index contributed by atoms with van der Waals surface area (Å²) >= 11 is 1.76. The third-order valence-corrected chi connectivity index (χ3v) is 5.02. The fourth-order valence-electron chi connectivity index (χ4n) is 2.93. The summed E-state index contributed by atoms with van der Waals surface area (Å²) in [5.41, 5.74) is 5.06. The van der Waals surface area contributed by atoms with Crippen molar-refractivity contribution in [2.75, 3.05) is 12.8 Å². The second-order valence-corrected chi connectivity index (χ2v) is 6.67. The number of nitrogens with one attached hydrogen (secondary N) is 1. The molecule has 0 amide bonds. The quantitative estimate of drug-likeness (QED) is 0.881. The lowest BCUT2D eigenvalue weighted by Crippen LogP contribution is -2.26. The first kappa shape index (κ1) is 13.3. The van der Waals surface area contributed by atoms with E-state index in [1.807, 2.05) is 0 Å². The first-order valence-corrected chi connectivity index (χ1v) is 8.82. The second kappa shape index (κ2) is 5.43. The van der Waals surface area contributed by atoms with E-state index < -0.39 is 0 Å². The monoisotopic (exact) mass is 297 g/mol. The molecule has 4 rings (SSSR count). The van der Waals surface area contributed by atoms with Gasteiger partial charge in [0.25, 0.3) is 0 Å². The highest BCUT2D eigenvalue weighted by Crippen LogP contribution is 2.42. The molecule has 2 aliphatic rings. The topological polar surface area (TPSA) is 37.8 Å². The zero-order valence-corrected chi connectivity index (χ0v) is 13.0. The molecule has 4 heteroatoms. The summed E-state index contributed by atoms with van der Waals surface area (Å²) in [6, 6.07) is 8.60. The first-order chi connectivity index (χ1) is 10.3. The molecule has 2 aromatic rings. The van der Waals surface area contributed by atoms with E-state index in [4.69, 9.17) is 9.97 Å². The SMILES string of the molecule is CSc1ccc(-c2nc3c(c(C4CC4)n2)CNCC3)cc1. The fourth-order valence-corrected chi connectivity index (χ4v) is 3.34. The first-order valence-electron chi connectivity index (χ1n) is 7.60. The minimum absolute atomic E-state index is 0.672. The number of aromatic nitrogens is 2. The van der Waals surface area contributed by atoms with E-state index in [1.165, 1.54) is 34.7 Å². The molecular formula is C17H19N3S. The van der Waals surface area contributed by atoms with Crippen molar-refractivity contribution in [2.24, 2.45) is 0 Å². The predicted molar refractivity (Wildman–Crippen MR) is 86.6 cm³/mol. The summed E-state index contributed by atoms with van der Waals surface area (Å²) < 4.78 is 0. The molecule has 0 bridgehead atoms. The molecule has 1 fully saturated rings. The van der Waals surface area contributed by atoms with Crippen molar-refractivity contribution in [3.63, 3.8) is 0 Å². The second-order valence-electron chi connectivity index (χ2n) is 5.79. The Labute approximate surface area is 129 Å². The van der Waals surface area contributed by atoms with E-state index in [0.29, 0.717) is 5.92 Å². The van der Waals surface area contributed by atoms with Crippen LogP contribution >= 0.6 is 11.8 Å². The lowest BCUT2D eigenvalue weighted by Gasteiger charge is -2.20. The van der Waals surface area contributed by atoms with Crippen LogP contribution < -0.4 is 5.32 Å². The number of nitrogens with zero attached hydrogens (tertiary/aromatic N) is 2. The molecular weight excluding hydrogens is 278 g/mol. The van der Waals surface area contributed by atoms with Crippen LogP contribution in [0.15, 0.2) is 29.2 Å². The van der Waals surface area contributed by atoms with Crippen molar-refractivity contribution in [1.29, 1.82) is 0 Å². The van der Waals surface area contributed by atoms with Crippen LogP contribution in [0, 0.1) is 0 Å². The van der Waals surface area contributed by atoms with Gasteiger partial charge in [-0.05, 0) is 31.2 Å². The molecule has 1 aromatic heterocycles. The van der Waals surface area contributed by atoms with Gasteiger partial charge in [0.15, 0.2) is 5.82 Å². The minimum atomic E-state index is 0.672. The van der Waals surface area contributed by atoms with Gasteiger partial charge in [-0.3, -0.25) is 0 Å². The van der Waals surface area contributed by atoms with E-state index in [0.717, 1.165) is 30.9 Å². The molecule has 0 spiro atoms. The third-order valence-electron chi connectivity index (χ3n) is 4.28. The molecule has 1 aromatic carbocycles. The molecule has 0 radical (unpaired) electrons. The summed E-state index contributed by atoms with van der Waals surface area (Å²) in [7, 11) is 0. The summed E-state index contributed by atoms with van der Waals surface area (Å²) in [4.78, 5) is 11.0. The number of rotatable bonds is 3. The van der Waals surface area contributed by atoms with Crippen LogP contribution in [0.25, 0.3) is 11.4 Å². The highest BCUT2D eigenvalue weighted by molar-refractivity contribution is 7.98. The van der Waals surface area contributed by atoms with Crippen molar-refractivity contribution in [2.45, 2.75) is 36.6 Å². The van der Waals surface area contributed by atoms with Gasteiger partial charge in [0.05, 0.1) is 11.4 Å². The Kier molecular flexibility index (Phi) is 3.43. The summed E-state index contributed by atoms with van der Waals surface area (Å²) in [5.74, 6) is 1.58. The summed E-state index contributed by atoms with van der Waals surface area (Å²) in [6.45, 7) is 1.96. The summed E-state index contributed by atoms with van der Waals surface area (Å²) in [6.07, 6.45) is 5.69. The molecule has 21 heavy (non-hydrogen) atoms. The Bertz CT molecular complexity index is 662. The highest BCUT2D eigenvalue weighted by Gasteiger charge is 2.30. The number of hydrogen-bond donors (Lipinski definition) is 1. The number of thioether (sulfide) groups is 1. The van der Waals surface area contributed by atoms with Gasteiger partial charge in [0, 0.05) is 41.5 Å². The van der Waals surface area contributed by atoms with Crippen molar-refractivity contribution >= 4 is 11.8 Å². The molecule has 1 aliphatic carbocycles. The standard InChI is InChI=1S/C17H19N3S/c1-21-13-6-4-12(5-7-13)17-19-15-8-9-18-10-14(15)16(20-17)11-2-3-11/h4-7,11,18H,2-3,8-10H2,1H3. The molecule has 2 heterocycles. The Morgan fingerprint density at radius 2 is 1.95 bits per heavy atom.